The van der Waals surface area contributed by atoms with Crippen molar-refractivity contribution in [2.45, 2.75) is 26.9 Å². The van der Waals surface area contributed by atoms with E-state index in [0.29, 0.717) is 6.54 Å². The van der Waals surface area contributed by atoms with Crippen LogP contribution < -0.4 is 5.32 Å². The van der Waals surface area contributed by atoms with Crippen LogP contribution in [0.25, 0.3) is 0 Å². The van der Waals surface area contributed by atoms with Gasteiger partial charge in [-0.2, -0.15) is 0 Å². The summed E-state index contributed by atoms with van der Waals surface area (Å²) in [4.78, 5) is 20.9. The summed E-state index contributed by atoms with van der Waals surface area (Å²) < 4.78 is 21.4. The third kappa shape index (κ3) is 7.57. The van der Waals surface area contributed by atoms with E-state index in [2.05, 4.69) is 32.4 Å². The molecule has 0 aliphatic carbocycles. The van der Waals surface area contributed by atoms with Crippen molar-refractivity contribution >= 4 is 36.3 Å². The maximum absolute atomic E-state index is 11.6. The number of hydrogen-bond acceptors (Lipinski definition) is 5. The summed E-state index contributed by atoms with van der Waals surface area (Å²) >= 11 is 2.09. The zero-order valence-electron chi connectivity index (χ0n) is 11.3. The number of phosphoric ester groups is 1. The van der Waals surface area contributed by atoms with Crippen LogP contribution in [0.2, 0.25) is 0 Å². The lowest BCUT2D eigenvalue weighted by Crippen LogP contribution is -2.46. The van der Waals surface area contributed by atoms with Gasteiger partial charge < -0.3 is 15.3 Å². The van der Waals surface area contributed by atoms with Gasteiger partial charge in [0, 0.05) is 16.4 Å². The molecule has 3 N–H and O–H groups in total. The first-order chi connectivity index (χ1) is 8.66. The Morgan fingerprint density at radius 3 is 2.53 bits per heavy atom. The highest BCUT2D eigenvalue weighted by molar-refractivity contribution is 14.1. The molecule has 0 saturated carbocycles. The fourth-order valence-corrected chi connectivity index (χ4v) is 2.32. The Labute approximate surface area is 126 Å². The lowest BCUT2D eigenvalue weighted by atomic mass is 9.87. The van der Waals surface area contributed by atoms with E-state index < -0.39 is 25.2 Å². The van der Waals surface area contributed by atoms with Gasteiger partial charge in [0.25, 0.3) is 0 Å². The van der Waals surface area contributed by atoms with E-state index >= 15 is 0 Å². The highest BCUT2D eigenvalue weighted by Gasteiger charge is 2.36. The van der Waals surface area contributed by atoms with Crippen LogP contribution in [0.15, 0.2) is 0 Å². The van der Waals surface area contributed by atoms with Crippen LogP contribution in [0.1, 0.15) is 20.8 Å². The molecule has 1 amide bonds. The van der Waals surface area contributed by atoms with E-state index in [1.165, 1.54) is 0 Å². The highest BCUT2D eigenvalue weighted by atomic mass is 127. The average Bonchev–Trinajstić information content (AvgIpc) is 2.33. The van der Waals surface area contributed by atoms with Crippen molar-refractivity contribution in [3.63, 3.8) is 0 Å². The first-order valence-electron chi connectivity index (χ1n) is 5.80. The number of rotatable bonds is 9. The number of aliphatic hydroxyl groups is 1. The normalized spacial score (nSPS) is 16.7. The molecule has 0 spiro atoms. The lowest BCUT2D eigenvalue weighted by Gasteiger charge is -2.29. The molecule has 0 rings (SSSR count). The largest absolute Gasteiger partial charge is 0.472 e. The maximum atomic E-state index is 11.6. The number of alkyl halides is 1. The Morgan fingerprint density at radius 1 is 1.47 bits per heavy atom. The predicted molar refractivity (Wildman–Crippen MR) is 79.1 cm³/mol. The smallest absolute Gasteiger partial charge is 0.383 e. The fourth-order valence-electron chi connectivity index (χ4n) is 1.15. The van der Waals surface area contributed by atoms with Crippen molar-refractivity contribution in [1.29, 1.82) is 0 Å². The van der Waals surface area contributed by atoms with Crippen LogP contribution in [-0.2, 0) is 18.4 Å². The van der Waals surface area contributed by atoms with Gasteiger partial charge in [-0.15, -0.1) is 0 Å². The third-order valence-corrected chi connectivity index (χ3v) is 3.85. The number of carbonyl (C=O) groups is 1. The van der Waals surface area contributed by atoms with Crippen LogP contribution in [0.4, 0.5) is 0 Å². The lowest BCUT2D eigenvalue weighted by molar-refractivity contribution is -0.136. The number of amides is 1. The van der Waals surface area contributed by atoms with E-state index in [4.69, 9.17) is 4.52 Å². The van der Waals surface area contributed by atoms with Gasteiger partial charge in [0.1, 0.15) is 6.10 Å². The molecule has 0 bridgehead atoms. The molecule has 7 nitrogen and oxygen atoms in total. The van der Waals surface area contributed by atoms with Crippen molar-refractivity contribution in [1.82, 2.24) is 5.32 Å². The van der Waals surface area contributed by atoms with Crippen LogP contribution >= 0.6 is 30.4 Å². The standard InChI is InChI=1S/C10H21INO6P/c1-4-17-19(15,16)18-7-10(2,3)8(13)9(14)12-6-5-11/h8,13H,4-7H2,1-3H3,(H,12,14)(H,15,16). The Morgan fingerprint density at radius 2 is 2.05 bits per heavy atom. The molecule has 0 aliphatic heterocycles. The monoisotopic (exact) mass is 409 g/mol. The molecule has 0 saturated heterocycles. The van der Waals surface area contributed by atoms with E-state index in [1.807, 2.05) is 0 Å². The molecule has 0 aromatic rings. The van der Waals surface area contributed by atoms with E-state index in [0.717, 1.165) is 4.43 Å². The molecule has 0 aromatic heterocycles. The van der Waals surface area contributed by atoms with Gasteiger partial charge in [0.15, 0.2) is 0 Å². The van der Waals surface area contributed by atoms with Crippen LogP contribution in [-0.4, -0.2) is 46.2 Å². The molecule has 9 heteroatoms. The minimum Gasteiger partial charge on any atom is -0.383 e. The minimum atomic E-state index is -4.12. The SMILES string of the molecule is CCOP(=O)(O)OCC(C)(C)C(O)C(=O)NCCI. The van der Waals surface area contributed by atoms with Crippen molar-refractivity contribution in [2.75, 3.05) is 24.2 Å². The molecule has 2 atom stereocenters. The molecule has 0 heterocycles. The number of hydrogen-bond donors (Lipinski definition) is 3. The zero-order valence-corrected chi connectivity index (χ0v) is 14.3. The summed E-state index contributed by atoms with van der Waals surface area (Å²) in [6.07, 6.45) is -1.34. The predicted octanol–water partition coefficient (Wildman–Crippen LogP) is 1.08. The molecule has 0 radical (unpaired) electrons. The van der Waals surface area contributed by atoms with Gasteiger partial charge in [0.05, 0.1) is 13.2 Å². The molecular weight excluding hydrogens is 388 g/mol. The van der Waals surface area contributed by atoms with Crippen LogP contribution in [0, 0.1) is 5.41 Å². The summed E-state index contributed by atoms with van der Waals surface area (Å²) in [7, 11) is -4.12. The zero-order chi connectivity index (χ0) is 15.1. The summed E-state index contributed by atoms with van der Waals surface area (Å²) in [5.41, 5.74) is -1.01. The molecule has 0 aliphatic rings. The van der Waals surface area contributed by atoms with E-state index in [-0.39, 0.29) is 13.2 Å². The molecule has 0 aromatic carbocycles. The maximum Gasteiger partial charge on any atom is 0.472 e. The number of aliphatic hydroxyl groups excluding tert-OH is 1. The van der Waals surface area contributed by atoms with E-state index in [9.17, 15) is 19.4 Å². The van der Waals surface area contributed by atoms with Gasteiger partial charge in [-0.25, -0.2) is 4.57 Å². The second kappa shape index (κ2) is 8.53. The van der Waals surface area contributed by atoms with Crippen molar-refractivity contribution in [2.24, 2.45) is 5.41 Å². The van der Waals surface area contributed by atoms with Crippen molar-refractivity contribution in [3.05, 3.63) is 0 Å². The van der Waals surface area contributed by atoms with Crippen LogP contribution in [0.5, 0.6) is 0 Å². The minimum absolute atomic E-state index is 0.0346. The Hall–Kier alpha value is 0.270. The van der Waals surface area contributed by atoms with Gasteiger partial charge >= 0.3 is 7.82 Å². The third-order valence-electron chi connectivity index (χ3n) is 2.27. The number of nitrogens with one attached hydrogen (secondary N) is 1. The quantitative estimate of drug-likeness (QED) is 0.299. The second-order valence-electron chi connectivity index (χ2n) is 4.53. The Kier molecular flexibility index (Phi) is 8.65. The Bertz CT molecular complexity index is 338. The van der Waals surface area contributed by atoms with Gasteiger partial charge in [-0.1, -0.05) is 36.4 Å². The number of phosphoric acid groups is 1. The van der Waals surface area contributed by atoms with Crippen LogP contribution in [0.3, 0.4) is 0 Å². The highest BCUT2D eigenvalue weighted by Crippen LogP contribution is 2.44. The molecule has 19 heavy (non-hydrogen) atoms. The van der Waals surface area contributed by atoms with Gasteiger partial charge in [-0.3, -0.25) is 13.8 Å². The fraction of sp³-hybridized carbons (Fsp3) is 0.900. The molecule has 0 fully saturated rings. The van der Waals surface area contributed by atoms with Gasteiger partial charge in [0.2, 0.25) is 5.91 Å². The number of halogens is 1. The second-order valence-corrected chi connectivity index (χ2v) is 7.06. The van der Waals surface area contributed by atoms with E-state index in [1.54, 1.807) is 20.8 Å². The summed E-state index contributed by atoms with van der Waals surface area (Å²) in [6.45, 7) is 4.89. The molecule has 2 unspecified atom stereocenters. The summed E-state index contributed by atoms with van der Waals surface area (Å²) in [6, 6.07) is 0. The van der Waals surface area contributed by atoms with Crippen molar-refractivity contribution < 1.29 is 28.4 Å². The summed E-state index contributed by atoms with van der Waals surface area (Å²) in [5.74, 6) is -0.533. The Balaban J connectivity index is 4.44. The van der Waals surface area contributed by atoms with Gasteiger partial charge in [-0.05, 0) is 6.92 Å². The molecular formula is C10H21INO6P. The van der Waals surface area contributed by atoms with Crippen molar-refractivity contribution in [3.8, 4) is 0 Å². The average molecular weight is 409 g/mol. The number of carbonyl (C=O) groups excluding carboxylic acids is 1. The first kappa shape index (κ1) is 19.3. The first-order valence-corrected chi connectivity index (χ1v) is 8.82. The summed E-state index contributed by atoms with van der Waals surface area (Å²) in [5, 5.41) is 12.4. The topological polar surface area (TPSA) is 105 Å². The molecule has 114 valence electrons.